The van der Waals surface area contributed by atoms with Crippen molar-refractivity contribution < 1.29 is 18.0 Å². The molecule has 2 amide bonds. The van der Waals surface area contributed by atoms with E-state index in [0.717, 1.165) is 6.26 Å². The van der Waals surface area contributed by atoms with E-state index >= 15 is 0 Å². The zero-order chi connectivity index (χ0) is 19.3. The van der Waals surface area contributed by atoms with Crippen molar-refractivity contribution in [1.82, 2.24) is 0 Å². The van der Waals surface area contributed by atoms with E-state index in [9.17, 15) is 18.0 Å². The molecule has 2 aromatic carbocycles. The van der Waals surface area contributed by atoms with Gasteiger partial charge in [0.15, 0.2) is 9.84 Å². The highest BCUT2D eigenvalue weighted by atomic mass is 32.2. The fraction of sp³-hybridized carbons (Fsp3) is 0.222. The number of amides is 2. The number of carbonyl (C=O) groups is 2. The minimum Gasteiger partial charge on any atom is -0.373 e. The summed E-state index contributed by atoms with van der Waals surface area (Å²) < 4.78 is 23.7. The Kier molecular flexibility index (Phi) is 5.99. The van der Waals surface area contributed by atoms with Gasteiger partial charge in [-0.25, -0.2) is 8.42 Å². The third-order valence-electron chi connectivity index (χ3n) is 3.52. The van der Waals surface area contributed by atoms with E-state index in [4.69, 9.17) is 0 Å². The van der Waals surface area contributed by atoms with E-state index in [1.165, 1.54) is 13.0 Å². The quantitative estimate of drug-likeness (QED) is 0.719. The molecule has 0 fully saturated rings. The van der Waals surface area contributed by atoms with Crippen LogP contribution >= 0.6 is 0 Å². The van der Waals surface area contributed by atoms with E-state index < -0.39 is 15.9 Å². The third kappa shape index (κ3) is 5.32. The maximum atomic E-state index is 12.3. The molecular weight excluding hydrogens is 354 g/mol. The molecule has 0 radical (unpaired) electrons. The number of para-hydroxylation sites is 1. The summed E-state index contributed by atoms with van der Waals surface area (Å²) in [4.78, 5) is 23.5. The lowest BCUT2D eigenvalue weighted by molar-refractivity contribution is -0.116. The summed E-state index contributed by atoms with van der Waals surface area (Å²) in [6.07, 6.45) is 1.12. The molecule has 0 aliphatic carbocycles. The van der Waals surface area contributed by atoms with E-state index in [1.54, 1.807) is 49.4 Å². The van der Waals surface area contributed by atoms with Gasteiger partial charge in [-0.1, -0.05) is 12.1 Å². The molecule has 0 aromatic heterocycles. The van der Waals surface area contributed by atoms with Crippen molar-refractivity contribution in [2.45, 2.75) is 24.8 Å². The first kappa shape index (κ1) is 19.5. The third-order valence-corrected chi connectivity index (χ3v) is 4.68. The van der Waals surface area contributed by atoms with Gasteiger partial charge in [0, 0.05) is 24.6 Å². The van der Waals surface area contributed by atoms with Crippen molar-refractivity contribution in [3.05, 3.63) is 48.5 Å². The number of sulfone groups is 1. The molecule has 3 N–H and O–H groups in total. The first-order valence-corrected chi connectivity index (χ1v) is 9.80. The maximum absolute atomic E-state index is 12.3. The Morgan fingerprint density at radius 3 is 2.00 bits per heavy atom. The van der Waals surface area contributed by atoms with E-state index in [0.29, 0.717) is 17.1 Å². The van der Waals surface area contributed by atoms with Gasteiger partial charge in [0.1, 0.15) is 6.04 Å². The molecule has 0 spiro atoms. The molecule has 8 heteroatoms. The van der Waals surface area contributed by atoms with Gasteiger partial charge in [-0.3, -0.25) is 9.59 Å². The minimum absolute atomic E-state index is 0.138. The summed E-state index contributed by atoms with van der Waals surface area (Å²) in [6, 6.07) is 12.5. The average molecular weight is 375 g/mol. The van der Waals surface area contributed by atoms with Crippen molar-refractivity contribution >= 4 is 38.7 Å². The van der Waals surface area contributed by atoms with Crippen LogP contribution in [-0.2, 0) is 19.4 Å². The van der Waals surface area contributed by atoms with E-state index in [2.05, 4.69) is 16.0 Å². The summed E-state index contributed by atoms with van der Waals surface area (Å²) >= 11 is 0. The molecule has 2 aromatic rings. The Labute approximate surface area is 152 Å². The lowest BCUT2D eigenvalue weighted by Crippen LogP contribution is -2.32. The molecule has 0 bridgehead atoms. The van der Waals surface area contributed by atoms with Crippen LogP contribution in [-0.4, -0.2) is 32.5 Å². The van der Waals surface area contributed by atoms with Gasteiger partial charge in [-0.2, -0.15) is 0 Å². The molecule has 0 saturated heterocycles. The fourth-order valence-corrected chi connectivity index (χ4v) is 3.15. The summed E-state index contributed by atoms with van der Waals surface area (Å²) in [5.74, 6) is -0.496. The molecule has 0 aliphatic rings. The molecular formula is C18H21N3O4S. The molecule has 0 saturated carbocycles. The number of benzene rings is 2. The lowest BCUT2D eigenvalue weighted by atomic mass is 10.2. The standard InChI is InChI=1S/C18H21N3O4S/c1-12(19-16-6-4-5-7-17(16)26(3,24)25)18(23)21-15-10-8-14(9-11-15)20-13(2)22/h4-12,19H,1-3H3,(H,20,22)(H,21,23). The first-order chi connectivity index (χ1) is 12.2. The van der Waals surface area contributed by atoms with Gasteiger partial charge in [0.05, 0.1) is 10.6 Å². The van der Waals surface area contributed by atoms with Crippen molar-refractivity contribution in [1.29, 1.82) is 0 Å². The first-order valence-electron chi connectivity index (χ1n) is 7.91. The van der Waals surface area contributed by atoms with Crippen LogP contribution in [0.15, 0.2) is 53.4 Å². The summed E-state index contributed by atoms with van der Waals surface area (Å²) in [5.41, 5.74) is 1.57. The average Bonchev–Trinajstić information content (AvgIpc) is 2.55. The zero-order valence-corrected chi connectivity index (χ0v) is 15.6. The van der Waals surface area contributed by atoms with Gasteiger partial charge in [0.2, 0.25) is 11.8 Å². The number of hydrogen-bond donors (Lipinski definition) is 3. The monoisotopic (exact) mass is 375 g/mol. The molecule has 0 heterocycles. The highest BCUT2D eigenvalue weighted by Crippen LogP contribution is 2.21. The van der Waals surface area contributed by atoms with Crippen LogP contribution in [0.3, 0.4) is 0 Å². The Bertz CT molecular complexity index is 908. The number of nitrogens with one attached hydrogen (secondary N) is 3. The van der Waals surface area contributed by atoms with E-state index in [1.807, 2.05) is 0 Å². The second kappa shape index (κ2) is 8.01. The molecule has 0 aliphatic heterocycles. The van der Waals surface area contributed by atoms with Crippen molar-refractivity contribution in [2.75, 3.05) is 22.2 Å². The van der Waals surface area contributed by atoms with Crippen LogP contribution in [0, 0.1) is 0 Å². The predicted molar refractivity (Wildman–Crippen MR) is 102 cm³/mol. The van der Waals surface area contributed by atoms with Crippen LogP contribution in [0.25, 0.3) is 0 Å². The van der Waals surface area contributed by atoms with Crippen LogP contribution in [0.5, 0.6) is 0 Å². The number of anilines is 3. The fourth-order valence-electron chi connectivity index (χ4n) is 2.30. The van der Waals surface area contributed by atoms with Crippen LogP contribution in [0.4, 0.5) is 17.1 Å². The van der Waals surface area contributed by atoms with Crippen LogP contribution < -0.4 is 16.0 Å². The second-order valence-electron chi connectivity index (χ2n) is 5.88. The van der Waals surface area contributed by atoms with Gasteiger partial charge in [0.25, 0.3) is 0 Å². The Morgan fingerprint density at radius 1 is 0.923 bits per heavy atom. The zero-order valence-electron chi connectivity index (χ0n) is 14.7. The molecule has 1 atom stereocenters. The molecule has 1 unspecified atom stereocenters. The lowest BCUT2D eigenvalue weighted by Gasteiger charge is -2.17. The van der Waals surface area contributed by atoms with Crippen LogP contribution in [0.1, 0.15) is 13.8 Å². The summed E-state index contributed by atoms with van der Waals surface area (Å²) in [6.45, 7) is 3.05. The smallest absolute Gasteiger partial charge is 0.246 e. The summed E-state index contributed by atoms with van der Waals surface area (Å²) in [5, 5.41) is 8.30. The Morgan fingerprint density at radius 2 is 1.46 bits per heavy atom. The van der Waals surface area contributed by atoms with E-state index in [-0.39, 0.29) is 16.7 Å². The van der Waals surface area contributed by atoms with Gasteiger partial charge >= 0.3 is 0 Å². The van der Waals surface area contributed by atoms with Crippen molar-refractivity contribution in [3.8, 4) is 0 Å². The molecule has 7 nitrogen and oxygen atoms in total. The predicted octanol–water partition coefficient (Wildman–Crippen LogP) is 2.49. The number of hydrogen-bond acceptors (Lipinski definition) is 5. The number of rotatable bonds is 6. The largest absolute Gasteiger partial charge is 0.373 e. The molecule has 26 heavy (non-hydrogen) atoms. The van der Waals surface area contributed by atoms with Gasteiger partial charge < -0.3 is 16.0 Å². The second-order valence-corrected chi connectivity index (χ2v) is 7.87. The minimum atomic E-state index is -3.41. The van der Waals surface area contributed by atoms with Crippen LogP contribution in [0.2, 0.25) is 0 Å². The highest BCUT2D eigenvalue weighted by Gasteiger charge is 2.18. The Balaban J connectivity index is 2.06. The number of carbonyl (C=O) groups excluding carboxylic acids is 2. The van der Waals surface area contributed by atoms with Gasteiger partial charge in [-0.15, -0.1) is 0 Å². The SMILES string of the molecule is CC(=O)Nc1ccc(NC(=O)C(C)Nc2ccccc2S(C)(=O)=O)cc1. The maximum Gasteiger partial charge on any atom is 0.246 e. The topological polar surface area (TPSA) is 104 Å². The molecule has 138 valence electrons. The van der Waals surface area contributed by atoms with Crippen molar-refractivity contribution in [2.24, 2.45) is 0 Å². The molecule has 2 rings (SSSR count). The summed E-state index contributed by atoms with van der Waals surface area (Å²) in [7, 11) is -3.41. The Hall–Kier alpha value is -2.87. The van der Waals surface area contributed by atoms with Gasteiger partial charge in [-0.05, 0) is 43.3 Å². The highest BCUT2D eigenvalue weighted by molar-refractivity contribution is 7.90. The normalized spacial score (nSPS) is 12.1. The van der Waals surface area contributed by atoms with Crippen molar-refractivity contribution in [3.63, 3.8) is 0 Å².